The Morgan fingerprint density at radius 1 is 0.867 bits per heavy atom. The number of alkyl halides is 1. The maximum absolute atomic E-state index is 3.48. The van der Waals surface area contributed by atoms with E-state index in [0.29, 0.717) is 0 Å². The zero-order chi connectivity index (χ0) is 11.7. The molecule has 0 saturated carbocycles. The molecule has 1 nitrogen and oxygen atoms in total. The lowest BCUT2D eigenvalue weighted by Crippen LogP contribution is -2.32. The van der Waals surface area contributed by atoms with Gasteiger partial charge in [0.05, 0.1) is 0 Å². The summed E-state index contributed by atoms with van der Waals surface area (Å²) in [6.07, 6.45) is 4.03. The minimum absolute atomic E-state index is 0.792. The fourth-order valence-corrected chi connectivity index (χ4v) is 2.29. The maximum atomic E-state index is 3.48. The lowest BCUT2D eigenvalue weighted by Gasteiger charge is -2.26. The molecule has 0 aliphatic rings. The van der Waals surface area contributed by atoms with E-state index in [0.717, 1.165) is 17.2 Å². The van der Waals surface area contributed by atoms with Crippen molar-refractivity contribution in [2.75, 3.05) is 25.0 Å². The summed E-state index contributed by atoms with van der Waals surface area (Å²) >= 11 is 3.48. The van der Waals surface area contributed by atoms with Gasteiger partial charge in [-0.15, -0.1) is 0 Å². The molecule has 0 aromatic carbocycles. The van der Waals surface area contributed by atoms with Gasteiger partial charge in [-0.3, -0.25) is 0 Å². The molecule has 0 saturated heterocycles. The number of rotatable bonds is 9. The van der Waals surface area contributed by atoms with Gasteiger partial charge in [-0.05, 0) is 31.2 Å². The first kappa shape index (κ1) is 15.4. The van der Waals surface area contributed by atoms with Crippen LogP contribution in [0.3, 0.4) is 0 Å². The van der Waals surface area contributed by atoms with Crippen LogP contribution < -0.4 is 0 Å². The monoisotopic (exact) mass is 277 g/mol. The van der Waals surface area contributed by atoms with E-state index < -0.39 is 0 Å². The highest BCUT2D eigenvalue weighted by atomic mass is 79.9. The second kappa shape index (κ2) is 9.65. The van der Waals surface area contributed by atoms with Gasteiger partial charge in [-0.1, -0.05) is 50.0 Å². The molecule has 0 fully saturated rings. The molecule has 0 bridgehead atoms. The van der Waals surface area contributed by atoms with Crippen molar-refractivity contribution in [1.29, 1.82) is 0 Å². The maximum Gasteiger partial charge on any atom is 0.00313 e. The van der Waals surface area contributed by atoms with E-state index in [1.807, 2.05) is 0 Å². The summed E-state index contributed by atoms with van der Waals surface area (Å²) in [5.74, 6) is 1.58. The Morgan fingerprint density at radius 3 is 1.80 bits per heavy atom. The molecule has 0 atom stereocenters. The Morgan fingerprint density at radius 2 is 1.40 bits per heavy atom. The molecule has 2 heteroatoms. The van der Waals surface area contributed by atoms with Crippen LogP contribution >= 0.6 is 15.9 Å². The van der Waals surface area contributed by atoms with Crippen molar-refractivity contribution < 1.29 is 0 Å². The van der Waals surface area contributed by atoms with Crippen LogP contribution in [-0.4, -0.2) is 29.9 Å². The van der Waals surface area contributed by atoms with E-state index in [-0.39, 0.29) is 0 Å². The number of unbranched alkanes of at least 4 members (excludes halogenated alkanes) is 2. The van der Waals surface area contributed by atoms with Crippen molar-refractivity contribution in [1.82, 2.24) is 4.90 Å². The number of halogens is 1. The molecule has 0 amide bonds. The Labute approximate surface area is 105 Å². The fourth-order valence-electron chi connectivity index (χ4n) is 1.90. The average molecular weight is 278 g/mol. The molecule has 0 aromatic rings. The second-order valence-electron chi connectivity index (χ2n) is 5.30. The van der Waals surface area contributed by atoms with Gasteiger partial charge < -0.3 is 4.90 Å². The van der Waals surface area contributed by atoms with E-state index in [1.54, 1.807) is 0 Å². The highest BCUT2D eigenvalue weighted by molar-refractivity contribution is 9.09. The minimum Gasteiger partial charge on any atom is -0.303 e. The predicted molar refractivity (Wildman–Crippen MR) is 73.8 cm³/mol. The zero-order valence-corrected chi connectivity index (χ0v) is 12.5. The molecule has 0 heterocycles. The summed E-state index contributed by atoms with van der Waals surface area (Å²) in [5, 5.41) is 1.15. The Balaban J connectivity index is 3.69. The predicted octanol–water partition coefficient (Wildman–Crippen LogP) is 4.17. The van der Waals surface area contributed by atoms with E-state index in [2.05, 4.69) is 48.5 Å². The van der Waals surface area contributed by atoms with Crippen LogP contribution in [0.15, 0.2) is 0 Å². The van der Waals surface area contributed by atoms with Gasteiger partial charge in [0.15, 0.2) is 0 Å². The second-order valence-corrected chi connectivity index (χ2v) is 6.09. The van der Waals surface area contributed by atoms with Gasteiger partial charge in [0, 0.05) is 18.4 Å². The smallest absolute Gasteiger partial charge is 0.00313 e. The van der Waals surface area contributed by atoms with Crippen LogP contribution in [-0.2, 0) is 0 Å². The van der Waals surface area contributed by atoms with E-state index in [9.17, 15) is 0 Å². The summed E-state index contributed by atoms with van der Waals surface area (Å²) in [4.78, 5) is 2.63. The van der Waals surface area contributed by atoms with Gasteiger partial charge >= 0.3 is 0 Å². The molecule has 0 rings (SSSR count). The summed E-state index contributed by atoms with van der Waals surface area (Å²) in [6.45, 7) is 13.0. The van der Waals surface area contributed by atoms with Crippen molar-refractivity contribution >= 4 is 15.9 Å². The quantitative estimate of drug-likeness (QED) is 0.452. The van der Waals surface area contributed by atoms with Crippen molar-refractivity contribution in [2.24, 2.45) is 11.8 Å². The molecule has 15 heavy (non-hydrogen) atoms. The third-order valence-corrected chi connectivity index (χ3v) is 2.92. The van der Waals surface area contributed by atoms with Gasteiger partial charge in [-0.2, -0.15) is 0 Å². The lowest BCUT2D eigenvalue weighted by atomic mass is 10.1. The molecule has 0 radical (unpaired) electrons. The highest BCUT2D eigenvalue weighted by Gasteiger charge is 2.08. The van der Waals surface area contributed by atoms with Crippen LogP contribution in [0.5, 0.6) is 0 Å². The normalized spacial score (nSPS) is 12.0. The number of hydrogen-bond donors (Lipinski definition) is 0. The summed E-state index contributed by atoms with van der Waals surface area (Å²) in [5.41, 5.74) is 0. The van der Waals surface area contributed by atoms with Crippen LogP contribution in [0.25, 0.3) is 0 Å². The first-order chi connectivity index (χ1) is 7.06. The van der Waals surface area contributed by atoms with Crippen molar-refractivity contribution in [3.8, 4) is 0 Å². The highest BCUT2D eigenvalue weighted by Crippen LogP contribution is 2.07. The molecular formula is C13H28BrN. The number of nitrogens with zero attached hydrogens (tertiary/aromatic N) is 1. The van der Waals surface area contributed by atoms with Gasteiger partial charge in [-0.25, -0.2) is 0 Å². The minimum atomic E-state index is 0.792. The first-order valence-corrected chi connectivity index (χ1v) is 7.46. The van der Waals surface area contributed by atoms with Crippen LogP contribution in [0.4, 0.5) is 0 Å². The summed E-state index contributed by atoms with van der Waals surface area (Å²) in [6, 6.07) is 0. The van der Waals surface area contributed by atoms with Crippen LogP contribution in [0, 0.1) is 11.8 Å². The molecule has 0 spiro atoms. The summed E-state index contributed by atoms with van der Waals surface area (Å²) < 4.78 is 0. The molecule has 0 aliphatic carbocycles. The lowest BCUT2D eigenvalue weighted by molar-refractivity contribution is 0.215. The summed E-state index contributed by atoms with van der Waals surface area (Å²) in [7, 11) is 0. The fraction of sp³-hybridized carbons (Fsp3) is 1.00. The zero-order valence-electron chi connectivity index (χ0n) is 10.9. The average Bonchev–Trinajstić information content (AvgIpc) is 2.10. The third-order valence-electron chi connectivity index (χ3n) is 2.35. The SMILES string of the molecule is CC(C)CN(CCCCCBr)CC(C)C. The van der Waals surface area contributed by atoms with E-state index >= 15 is 0 Å². The Hall–Kier alpha value is 0.440. The van der Waals surface area contributed by atoms with Crippen LogP contribution in [0.1, 0.15) is 47.0 Å². The van der Waals surface area contributed by atoms with Crippen molar-refractivity contribution in [3.05, 3.63) is 0 Å². The Kier molecular flexibility index (Phi) is 9.93. The molecule has 0 aromatic heterocycles. The van der Waals surface area contributed by atoms with Crippen molar-refractivity contribution in [3.63, 3.8) is 0 Å². The largest absolute Gasteiger partial charge is 0.303 e. The van der Waals surface area contributed by atoms with Gasteiger partial charge in [0.2, 0.25) is 0 Å². The number of hydrogen-bond acceptors (Lipinski definition) is 1. The third kappa shape index (κ3) is 10.7. The van der Waals surface area contributed by atoms with Crippen LogP contribution in [0.2, 0.25) is 0 Å². The molecule has 0 aliphatic heterocycles. The standard InChI is InChI=1S/C13H28BrN/c1-12(2)10-15(11-13(3)4)9-7-5-6-8-14/h12-13H,5-11H2,1-4H3. The van der Waals surface area contributed by atoms with E-state index in [4.69, 9.17) is 0 Å². The topological polar surface area (TPSA) is 3.24 Å². The molecule has 0 N–H and O–H groups in total. The Bertz CT molecular complexity index is 124. The van der Waals surface area contributed by atoms with E-state index in [1.165, 1.54) is 38.9 Å². The molecular weight excluding hydrogens is 250 g/mol. The van der Waals surface area contributed by atoms with Gasteiger partial charge in [0.25, 0.3) is 0 Å². The molecule has 92 valence electrons. The molecule has 0 unspecified atom stereocenters. The van der Waals surface area contributed by atoms with Gasteiger partial charge in [0.1, 0.15) is 0 Å². The first-order valence-electron chi connectivity index (χ1n) is 6.34. The van der Waals surface area contributed by atoms with Crippen molar-refractivity contribution in [2.45, 2.75) is 47.0 Å².